The lowest BCUT2D eigenvalue weighted by molar-refractivity contribution is 0.279. The molecule has 1 unspecified atom stereocenters. The summed E-state index contributed by atoms with van der Waals surface area (Å²) in [4.78, 5) is 22.2. The summed E-state index contributed by atoms with van der Waals surface area (Å²) >= 11 is 0. The van der Waals surface area contributed by atoms with Gasteiger partial charge in [0, 0.05) is 39.4 Å². The Morgan fingerprint density at radius 1 is 1.26 bits per heavy atom. The fourth-order valence-electron chi connectivity index (χ4n) is 4.03. The fourth-order valence-corrected chi connectivity index (χ4v) is 4.03. The zero-order chi connectivity index (χ0) is 21.8. The van der Waals surface area contributed by atoms with Crippen molar-refractivity contribution in [2.75, 3.05) is 41.9 Å². The number of piperidine rings is 1. The second kappa shape index (κ2) is 9.16. The molecule has 8 nitrogen and oxygen atoms in total. The fraction of sp³-hybridized carbons (Fsp3) is 0.391. The molecule has 2 aromatic rings. The van der Waals surface area contributed by atoms with Crippen LogP contribution in [-0.2, 0) is 0 Å². The average molecular weight is 422 g/mol. The Morgan fingerprint density at radius 3 is 2.77 bits per heavy atom. The zero-order valence-electron chi connectivity index (χ0n) is 18.2. The van der Waals surface area contributed by atoms with Crippen molar-refractivity contribution in [3.63, 3.8) is 0 Å². The topological polar surface area (TPSA) is 79.3 Å². The summed E-state index contributed by atoms with van der Waals surface area (Å²) < 4.78 is 5.92. The maximum absolute atomic E-state index is 5.92. The van der Waals surface area contributed by atoms with E-state index in [9.17, 15) is 0 Å². The molecule has 0 saturated carbocycles. The van der Waals surface area contributed by atoms with Gasteiger partial charge >= 0.3 is 0 Å². The predicted octanol–water partition coefficient (Wildman–Crippen LogP) is 3.40. The molecule has 2 aromatic heterocycles. The Bertz CT molecular complexity index is 988. The van der Waals surface area contributed by atoms with E-state index in [1.54, 1.807) is 18.6 Å². The van der Waals surface area contributed by atoms with Gasteiger partial charge in [-0.2, -0.15) is 4.98 Å². The van der Waals surface area contributed by atoms with Crippen LogP contribution in [0.1, 0.15) is 20.0 Å². The largest absolute Gasteiger partial charge is 0.486 e. The van der Waals surface area contributed by atoms with Crippen LogP contribution in [-0.4, -0.2) is 58.8 Å². The van der Waals surface area contributed by atoms with Crippen molar-refractivity contribution in [2.45, 2.75) is 31.8 Å². The van der Waals surface area contributed by atoms with E-state index >= 15 is 0 Å². The third-order valence-corrected chi connectivity index (χ3v) is 5.81. The van der Waals surface area contributed by atoms with Crippen LogP contribution in [0.3, 0.4) is 0 Å². The van der Waals surface area contributed by atoms with Crippen LogP contribution in [0.2, 0.25) is 0 Å². The summed E-state index contributed by atoms with van der Waals surface area (Å²) in [5.74, 6) is 3.09. The smallest absolute Gasteiger partial charge is 0.225 e. The Labute approximate surface area is 184 Å². The van der Waals surface area contributed by atoms with E-state index in [1.807, 2.05) is 32.2 Å². The zero-order valence-corrected chi connectivity index (χ0v) is 18.2. The summed E-state index contributed by atoms with van der Waals surface area (Å²) in [6.45, 7) is 12.1. The molecule has 2 aliphatic rings. The van der Waals surface area contributed by atoms with E-state index in [4.69, 9.17) is 9.72 Å². The van der Waals surface area contributed by atoms with Gasteiger partial charge in [0.25, 0.3) is 0 Å². The lowest BCUT2D eigenvalue weighted by Crippen LogP contribution is -2.42. The van der Waals surface area contributed by atoms with Gasteiger partial charge in [-0.05, 0) is 25.3 Å². The molecule has 164 valence electrons. The molecule has 2 aliphatic heterocycles. The van der Waals surface area contributed by atoms with Gasteiger partial charge in [0.2, 0.25) is 5.95 Å². The number of hydrogen-bond acceptors (Lipinski definition) is 8. The lowest BCUT2D eigenvalue weighted by atomic mass is 10.0. The minimum Gasteiger partial charge on any atom is -0.486 e. The van der Waals surface area contributed by atoms with Crippen molar-refractivity contribution in [3.8, 4) is 5.75 Å². The van der Waals surface area contributed by atoms with Crippen LogP contribution >= 0.6 is 0 Å². The quantitative estimate of drug-likeness (QED) is 0.711. The van der Waals surface area contributed by atoms with Crippen molar-refractivity contribution in [1.29, 1.82) is 0 Å². The highest BCUT2D eigenvalue weighted by Gasteiger charge is 2.29. The van der Waals surface area contributed by atoms with Gasteiger partial charge in [-0.15, -0.1) is 0 Å². The number of aryl methyl sites for hydroxylation is 1. The van der Waals surface area contributed by atoms with Gasteiger partial charge < -0.3 is 19.9 Å². The molecule has 8 heteroatoms. The summed E-state index contributed by atoms with van der Waals surface area (Å²) in [5.41, 5.74) is 2.03. The van der Waals surface area contributed by atoms with Crippen LogP contribution in [0, 0.1) is 6.92 Å². The molecule has 0 aliphatic carbocycles. The SMILES string of the molecule is C=C/C=C(\C=C)C1COc2cnc(NC3CCN(c4cc(C)ncn4)CC3)nc2N1C.[HH]. The molecule has 0 aromatic carbocycles. The van der Waals surface area contributed by atoms with Gasteiger partial charge in [-0.3, -0.25) is 0 Å². The molecule has 4 rings (SSSR count). The second-order valence-corrected chi connectivity index (χ2v) is 7.85. The van der Waals surface area contributed by atoms with Crippen LogP contribution in [0.4, 0.5) is 17.6 Å². The first-order chi connectivity index (χ1) is 15.1. The molecular formula is C23H31N7O. The molecule has 31 heavy (non-hydrogen) atoms. The van der Waals surface area contributed by atoms with E-state index in [0.717, 1.165) is 48.8 Å². The van der Waals surface area contributed by atoms with Crippen LogP contribution in [0.15, 0.2) is 55.5 Å². The molecule has 0 bridgehead atoms. The van der Waals surface area contributed by atoms with E-state index in [0.29, 0.717) is 24.3 Å². The summed E-state index contributed by atoms with van der Waals surface area (Å²) in [6, 6.07) is 2.38. The molecule has 4 heterocycles. The Morgan fingerprint density at radius 2 is 2.06 bits per heavy atom. The number of ether oxygens (including phenoxy) is 1. The summed E-state index contributed by atoms with van der Waals surface area (Å²) in [7, 11) is 2.02. The van der Waals surface area contributed by atoms with Crippen LogP contribution in [0.25, 0.3) is 0 Å². The third kappa shape index (κ3) is 4.52. The third-order valence-electron chi connectivity index (χ3n) is 5.81. The second-order valence-electron chi connectivity index (χ2n) is 7.85. The van der Waals surface area contributed by atoms with Gasteiger partial charge in [-0.1, -0.05) is 31.4 Å². The van der Waals surface area contributed by atoms with Gasteiger partial charge in [-0.25, -0.2) is 15.0 Å². The highest BCUT2D eigenvalue weighted by molar-refractivity contribution is 5.58. The molecule has 1 atom stereocenters. The Hall–Kier alpha value is -3.42. The van der Waals surface area contributed by atoms with Gasteiger partial charge in [0.1, 0.15) is 18.8 Å². The molecule has 1 fully saturated rings. The monoisotopic (exact) mass is 421 g/mol. The van der Waals surface area contributed by atoms with Crippen LogP contribution < -0.4 is 19.9 Å². The minimum atomic E-state index is 0. The molecule has 1 saturated heterocycles. The Kier molecular flexibility index (Phi) is 6.16. The standard InChI is InChI=1S/C23H29N7O.H2/c1-5-7-17(6-2)19-14-31-20-13-24-23(28-22(20)29(19)4)27-18-8-10-30(11-9-18)21-12-16(3)25-15-26-21;/h5-7,12-13,15,18-19H,1-2,8-11,14H2,3-4H3,(H,24,27,28);1H/b17-7+;. The minimum absolute atomic E-state index is 0. The number of rotatable bonds is 6. The van der Waals surface area contributed by atoms with E-state index in [-0.39, 0.29) is 7.47 Å². The van der Waals surface area contributed by atoms with Crippen molar-refractivity contribution in [3.05, 3.63) is 61.2 Å². The number of aromatic nitrogens is 4. The van der Waals surface area contributed by atoms with Gasteiger partial charge in [0.05, 0.1) is 12.2 Å². The Balaban J connectivity index is 0.00000289. The summed E-state index contributed by atoms with van der Waals surface area (Å²) in [6.07, 6.45) is 10.9. The number of nitrogens with one attached hydrogen (secondary N) is 1. The number of likely N-dealkylation sites (N-methyl/N-ethyl adjacent to an activating group) is 1. The number of anilines is 3. The first-order valence-corrected chi connectivity index (χ1v) is 10.6. The number of hydrogen-bond donors (Lipinski definition) is 1. The highest BCUT2D eigenvalue weighted by atomic mass is 16.5. The van der Waals surface area contributed by atoms with E-state index < -0.39 is 0 Å². The summed E-state index contributed by atoms with van der Waals surface area (Å²) in [5, 5.41) is 3.50. The average Bonchev–Trinajstić information content (AvgIpc) is 2.79. The van der Waals surface area contributed by atoms with E-state index in [1.165, 1.54) is 0 Å². The molecule has 0 spiro atoms. The lowest BCUT2D eigenvalue weighted by Gasteiger charge is -2.36. The molecule has 1 N–H and O–H groups in total. The molecular weight excluding hydrogens is 390 g/mol. The van der Waals surface area contributed by atoms with Crippen molar-refractivity contribution in [2.24, 2.45) is 0 Å². The normalized spacial score (nSPS) is 19.4. The maximum Gasteiger partial charge on any atom is 0.225 e. The maximum atomic E-state index is 5.92. The number of nitrogens with zero attached hydrogens (tertiary/aromatic N) is 6. The first-order valence-electron chi connectivity index (χ1n) is 10.6. The van der Waals surface area contributed by atoms with Crippen molar-refractivity contribution in [1.82, 2.24) is 19.9 Å². The number of fused-ring (bicyclic) bond motifs is 1. The molecule has 0 radical (unpaired) electrons. The van der Waals surface area contributed by atoms with Crippen molar-refractivity contribution >= 4 is 17.6 Å². The van der Waals surface area contributed by atoms with Gasteiger partial charge in [0.15, 0.2) is 11.6 Å². The highest BCUT2D eigenvalue weighted by Crippen LogP contribution is 2.33. The van der Waals surface area contributed by atoms with Crippen LogP contribution in [0.5, 0.6) is 5.75 Å². The number of allylic oxidation sites excluding steroid dienone is 2. The van der Waals surface area contributed by atoms with Crippen molar-refractivity contribution < 1.29 is 6.16 Å². The molecule has 0 amide bonds. The predicted molar refractivity (Wildman–Crippen MR) is 126 cm³/mol. The van der Waals surface area contributed by atoms with E-state index in [2.05, 4.69) is 43.2 Å². The first kappa shape index (κ1) is 20.8.